The molecule has 0 saturated heterocycles. The van der Waals surface area contributed by atoms with Crippen molar-refractivity contribution in [1.82, 2.24) is 20.5 Å². The highest BCUT2D eigenvalue weighted by Crippen LogP contribution is 2.27. The average Bonchev–Trinajstić information content (AvgIpc) is 3.15. The molecule has 1 heterocycles. The summed E-state index contributed by atoms with van der Waals surface area (Å²) in [5.74, 6) is 1.23. The van der Waals surface area contributed by atoms with Gasteiger partial charge in [0.1, 0.15) is 17.9 Å². The van der Waals surface area contributed by atoms with E-state index in [1.54, 1.807) is 24.3 Å². The lowest BCUT2D eigenvalue weighted by atomic mass is 9.83. The first-order chi connectivity index (χ1) is 13.1. The number of hydrogen-bond acceptors (Lipinski definition) is 6. The minimum atomic E-state index is -0.716. The van der Waals surface area contributed by atoms with Crippen LogP contribution in [0.4, 0.5) is 0 Å². The van der Waals surface area contributed by atoms with E-state index in [9.17, 15) is 10.1 Å². The Morgan fingerprint density at radius 3 is 2.78 bits per heavy atom. The normalized spacial score (nSPS) is 15.7. The number of carbonyl (C=O) groups is 1. The molecule has 27 heavy (non-hydrogen) atoms. The first-order valence-corrected chi connectivity index (χ1v) is 10.1. The van der Waals surface area contributed by atoms with Crippen LogP contribution in [0.1, 0.15) is 37.9 Å². The van der Waals surface area contributed by atoms with Gasteiger partial charge >= 0.3 is 0 Å². The number of carbonyl (C=O) groups excluding carboxylic acids is 1. The zero-order chi connectivity index (χ0) is 19.1. The van der Waals surface area contributed by atoms with Crippen LogP contribution in [0, 0.1) is 11.3 Å². The summed E-state index contributed by atoms with van der Waals surface area (Å²) in [6.45, 7) is 0.235. The van der Waals surface area contributed by atoms with Crippen LogP contribution in [0.2, 0.25) is 5.02 Å². The van der Waals surface area contributed by atoms with Gasteiger partial charge in [-0.2, -0.15) is 5.26 Å². The number of hydrogen-bond donors (Lipinski definition) is 2. The summed E-state index contributed by atoms with van der Waals surface area (Å²) >= 11 is 7.06. The van der Waals surface area contributed by atoms with Gasteiger partial charge in [0.25, 0.3) is 0 Å². The lowest BCUT2D eigenvalue weighted by molar-refractivity contribution is -0.120. The zero-order valence-corrected chi connectivity index (χ0v) is 16.3. The molecule has 3 rings (SSSR count). The molecule has 2 N–H and O–H groups in total. The van der Waals surface area contributed by atoms with Gasteiger partial charge in [0.2, 0.25) is 11.1 Å². The second kappa shape index (κ2) is 9.11. The van der Waals surface area contributed by atoms with Gasteiger partial charge in [-0.3, -0.25) is 9.89 Å². The maximum Gasteiger partial charge on any atom is 0.231 e. The maximum absolute atomic E-state index is 12.2. The van der Waals surface area contributed by atoms with Crippen LogP contribution in [0.15, 0.2) is 29.4 Å². The average molecular weight is 406 g/mol. The van der Waals surface area contributed by atoms with E-state index in [0.717, 1.165) is 19.3 Å². The van der Waals surface area contributed by atoms with Crippen LogP contribution in [0.3, 0.4) is 0 Å². The van der Waals surface area contributed by atoms with E-state index < -0.39 is 5.54 Å². The molecule has 0 aliphatic heterocycles. The van der Waals surface area contributed by atoms with Crippen LogP contribution in [-0.2, 0) is 11.4 Å². The molecule has 1 aromatic carbocycles. The molecule has 1 aliphatic rings. The zero-order valence-electron chi connectivity index (χ0n) is 14.7. The number of thioether (sulfide) groups is 1. The van der Waals surface area contributed by atoms with Crippen LogP contribution >= 0.6 is 23.4 Å². The monoisotopic (exact) mass is 405 g/mol. The number of ether oxygens (including phenoxy) is 1. The highest BCUT2D eigenvalue weighted by Gasteiger charge is 2.33. The molecule has 1 fully saturated rings. The Morgan fingerprint density at radius 2 is 2.07 bits per heavy atom. The Bertz CT molecular complexity index is 812. The van der Waals surface area contributed by atoms with Gasteiger partial charge in [-0.15, -0.1) is 5.10 Å². The summed E-state index contributed by atoms with van der Waals surface area (Å²) < 4.78 is 5.60. The molecule has 1 amide bonds. The van der Waals surface area contributed by atoms with Gasteiger partial charge in [-0.1, -0.05) is 42.6 Å². The van der Waals surface area contributed by atoms with Gasteiger partial charge in [-0.05, 0) is 37.1 Å². The Labute approximate surface area is 166 Å². The fourth-order valence-corrected chi connectivity index (χ4v) is 3.69. The van der Waals surface area contributed by atoms with Crippen LogP contribution in [-0.4, -0.2) is 32.4 Å². The van der Waals surface area contributed by atoms with Crippen molar-refractivity contribution >= 4 is 29.3 Å². The molecule has 0 spiro atoms. The lowest BCUT2D eigenvalue weighted by Gasteiger charge is -2.31. The fraction of sp³-hybridized carbons (Fsp3) is 0.444. The van der Waals surface area contributed by atoms with E-state index in [2.05, 4.69) is 26.6 Å². The molecule has 0 unspecified atom stereocenters. The van der Waals surface area contributed by atoms with E-state index in [4.69, 9.17) is 16.3 Å². The van der Waals surface area contributed by atoms with Gasteiger partial charge in [0.15, 0.2) is 5.82 Å². The smallest absolute Gasteiger partial charge is 0.231 e. The number of nitrogens with one attached hydrogen (secondary N) is 2. The minimum absolute atomic E-state index is 0.165. The summed E-state index contributed by atoms with van der Waals surface area (Å²) in [4.78, 5) is 16.5. The largest absolute Gasteiger partial charge is 0.486 e. The Balaban J connectivity index is 1.45. The van der Waals surface area contributed by atoms with Gasteiger partial charge in [0.05, 0.1) is 11.8 Å². The second-order valence-electron chi connectivity index (χ2n) is 6.40. The maximum atomic E-state index is 12.2. The molecular formula is C18H20ClN5O2S. The quantitative estimate of drug-likeness (QED) is 0.683. The first-order valence-electron chi connectivity index (χ1n) is 8.73. The van der Waals surface area contributed by atoms with Crippen molar-refractivity contribution in [3.05, 3.63) is 35.1 Å². The molecule has 0 radical (unpaired) electrons. The number of nitrogens with zero attached hydrogens (tertiary/aromatic N) is 3. The topological polar surface area (TPSA) is 104 Å². The molecule has 0 atom stereocenters. The molecule has 1 saturated carbocycles. The predicted molar refractivity (Wildman–Crippen MR) is 102 cm³/mol. The Hall–Kier alpha value is -2.24. The minimum Gasteiger partial charge on any atom is -0.486 e. The molecular weight excluding hydrogens is 386 g/mol. The number of halogens is 1. The van der Waals surface area contributed by atoms with Crippen molar-refractivity contribution in [1.29, 1.82) is 5.26 Å². The van der Waals surface area contributed by atoms with Crippen molar-refractivity contribution in [2.75, 3.05) is 5.75 Å². The third-order valence-electron chi connectivity index (χ3n) is 4.33. The molecule has 1 aromatic heterocycles. The number of aromatic amines is 1. The summed E-state index contributed by atoms with van der Waals surface area (Å²) in [7, 11) is 0. The molecule has 7 nitrogen and oxygen atoms in total. The van der Waals surface area contributed by atoms with Crippen molar-refractivity contribution in [2.24, 2.45) is 0 Å². The van der Waals surface area contributed by atoms with E-state index in [1.165, 1.54) is 11.8 Å². The van der Waals surface area contributed by atoms with Crippen molar-refractivity contribution in [2.45, 2.75) is 49.4 Å². The van der Waals surface area contributed by atoms with Crippen molar-refractivity contribution < 1.29 is 9.53 Å². The Kier molecular flexibility index (Phi) is 6.58. The third kappa shape index (κ3) is 5.62. The van der Waals surface area contributed by atoms with Crippen LogP contribution in [0.25, 0.3) is 0 Å². The standard InChI is InChI=1S/C18H20ClN5O2S/c19-13-4-6-14(7-5-13)26-10-15-21-17(24-23-15)27-11-16(25)22-18(12-20)8-2-1-3-9-18/h4-7H,1-3,8-11H2,(H,22,25)(H,21,23,24). The van der Waals surface area contributed by atoms with E-state index in [-0.39, 0.29) is 18.3 Å². The van der Waals surface area contributed by atoms with Gasteiger partial charge in [-0.25, -0.2) is 4.98 Å². The van der Waals surface area contributed by atoms with Crippen LogP contribution in [0.5, 0.6) is 5.75 Å². The molecule has 1 aliphatic carbocycles. The SMILES string of the molecule is N#CC1(NC(=O)CSc2n[nH]c(COc3ccc(Cl)cc3)n2)CCCCC1. The van der Waals surface area contributed by atoms with Gasteiger partial charge in [0, 0.05) is 5.02 Å². The molecule has 0 bridgehead atoms. The molecule has 2 aromatic rings. The third-order valence-corrected chi connectivity index (χ3v) is 5.43. The van der Waals surface area contributed by atoms with Crippen molar-refractivity contribution in [3.8, 4) is 11.8 Å². The summed E-state index contributed by atoms with van der Waals surface area (Å²) in [6, 6.07) is 9.32. The predicted octanol–water partition coefficient (Wildman–Crippen LogP) is 3.47. The number of amides is 1. The lowest BCUT2D eigenvalue weighted by Crippen LogP contribution is -2.49. The van der Waals surface area contributed by atoms with E-state index in [1.807, 2.05) is 0 Å². The first kappa shape index (κ1) is 19.5. The number of rotatable bonds is 7. The fourth-order valence-electron chi connectivity index (χ4n) is 2.94. The van der Waals surface area contributed by atoms with Crippen molar-refractivity contribution in [3.63, 3.8) is 0 Å². The number of nitriles is 1. The highest BCUT2D eigenvalue weighted by atomic mass is 35.5. The van der Waals surface area contributed by atoms with Crippen LogP contribution < -0.4 is 10.1 Å². The summed E-state index contributed by atoms with van der Waals surface area (Å²) in [6.07, 6.45) is 4.49. The van der Waals surface area contributed by atoms with Gasteiger partial charge < -0.3 is 10.1 Å². The van der Waals surface area contributed by atoms with E-state index >= 15 is 0 Å². The number of benzene rings is 1. The molecule has 142 valence electrons. The highest BCUT2D eigenvalue weighted by molar-refractivity contribution is 7.99. The summed E-state index contributed by atoms with van der Waals surface area (Å²) in [5.41, 5.74) is -0.716. The van der Waals surface area contributed by atoms with E-state index in [0.29, 0.717) is 34.6 Å². The number of aromatic nitrogens is 3. The Morgan fingerprint density at radius 1 is 1.33 bits per heavy atom. The summed E-state index contributed by atoms with van der Waals surface area (Å²) in [5, 5.41) is 20.3. The molecule has 9 heteroatoms. The second-order valence-corrected chi connectivity index (χ2v) is 7.78. The number of H-pyrrole nitrogens is 1.